The van der Waals surface area contributed by atoms with Gasteiger partial charge in [0.2, 0.25) is 11.9 Å². The van der Waals surface area contributed by atoms with Crippen LogP contribution in [0.2, 0.25) is 0 Å². The van der Waals surface area contributed by atoms with Gasteiger partial charge in [-0.15, -0.1) is 11.3 Å². The van der Waals surface area contributed by atoms with Gasteiger partial charge in [-0.1, -0.05) is 6.07 Å². The first-order valence-corrected chi connectivity index (χ1v) is 9.22. The molecule has 2 aromatic rings. The number of aromatic nitrogens is 2. The number of nitrogens with zero attached hydrogens (tertiary/aromatic N) is 4. The molecule has 1 amide bonds. The third kappa shape index (κ3) is 5.01. The van der Waals surface area contributed by atoms with E-state index in [1.165, 1.54) is 4.88 Å². The number of amides is 1. The first-order chi connectivity index (χ1) is 11.8. The average molecular weight is 345 g/mol. The van der Waals surface area contributed by atoms with Crippen LogP contribution in [0.1, 0.15) is 17.7 Å². The van der Waals surface area contributed by atoms with Gasteiger partial charge in [-0.2, -0.15) is 0 Å². The summed E-state index contributed by atoms with van der Waals surface area (Å²) < 4.78 is 0. The number of hydrogen-bond acceptors (Lipinski definition) is 6. The summed E-state index contributed by atoms with van der Waals surface area (Å²) in [7, 11) is 0. The average Bonchev–Trinajstić information content (AvgIpc) is 3.00. The molecule has 2 aromatic heterocycles. The van der Waals surface area contributed by atoms with Crippen molar-refractivity contribution in [3.63, 3.8) is 0 Å². The number of rotatable bonds is 6. The molecule has 0 atom stereocenters. The Morgan fingerprint density at radius 3 is 2.83 bits per heavy atom. The van der Waals surface area contributed by atoms with Crippen LogP contribution in [0.15, 0.2) is 36.0 Å². The molecule has 0 aliphatic carbocycles. The van der Waals surface area contributed by atoms with Gasteiger partial charge in [0, 0.05) is 63.0 Å². The molecule has 128 valence electrons. The van der Waals surface area contributed by atoms with Gasteiger partial charge < -0.3 is 10.2 Å². The van der Waals surface area contributed by atoms with Crippen molar-refractivity contribution in [3.8, 4) is 0 Å². The summed E-state index contributed by atoms with van der Waals surface area (Å²) in [5.41, 5.74) is 0. The molecule has 1 N–H and O–H groups in total. The summed E-state index contributed by atoms with van der Waals surface area (Å²) in [6, 6.07) is 6.04. The van der Waals surface area contributed by atoms with Crippen molar-refractivity contribution in [1.29, 1.82) is 0 Å². The normalized spacial score (nSPS) is 15.9. The van der Waals surface area contributed by atoms with Gasteiger partial charge in [-0.25, -0.2) is 9.97 Å². The first kappa shape index (κ1) is 16.9. The van der Waals surface area contributed by atoms with Gasteiger partial charge in [0.05, 0.1) is 0 Å². The van der Waals surface area contributed by atoms with E-state index in [0.29, 0.717) is 18.9 Å². The van der Waals surface area contributed by atoms with Crippen LogP contribution in [-0.2, 0) is 11.3 Å². The van der Waals surface area contributed by atoms with Crippen molar-refractivity contribution in [2.75, 3.05) is 38.0 Å². The van der Waals surface area contributed by atoms with Crippen molar-refractivity contribution in [1.82, 2.24) is 19.8 Å². The van der Waals surface area contributed by atoms with Gasteiger partial charge in [0.25, 0.3) is 0 Å². The highest BCUT2D eigenvalue weighted by Crippen LogP contribution is 2.14. The van der Waals surface area contributed by atoms with E-state index in [1.54, 1.807) is 29.8 Å². The minimum absolute atomic E-state index is 0.205. The predicted octanol–water partition coefficient (Wildman–Crippen LogP) is 2.07. The quantitative estimate of drug-likeness (QED) is 0.868. The van der Waals surface area contributed by atoms with E-state index in [-0.39, 0.29) is 5.91 Å². The van der Waals surface area contributed by atoms with Crippen LogP contribution in [0.25, 0.3) is 0 Å². The summed E-state index contributed by atoms with van der Waals surface area (Å²) in [6.07, 6.45) is 4.89. The van der Waals surface area contributed by atoms with Crippen LogP contribution in [0.5, 0.6) is 0 Å². The van der Waals surface area contributed by atoms with Crippen LogP contribution >= 0.6 is 11.3 Å². The minimum Gasteiger partial charge on any atom is -0.354 e. The number of hydrogen-bond donors (Lipinski definition) is 1. The summed E-state index contributed by atoms with van der Waals surface area (Å²) in [5.74, 6) is 0.777. The molecule has 1 saturated heterocycles. The van der Waals surface area contributed by atoms with Crippen molar-refractivity contribution in [3.05, 3.63) is 40.8 Å². The minimum atomic E-state index is 0.205. The second-order valence-electron chi connectivity index (χ2n) is 5.84. The summed E-state index contributed by atoms with van der Waals surface area (Å²) in [4.78, 5) is 26.4. The fraction of sp³-hybridized carbons (Fsp3) is 0.471. The topological polar surface area (TPSA) is 61.4 Å². The molecule has 3 rings (SSSR count). The number of carbonyl (C=O) groups excluding carboxylic acids is 1. The lowest BCUT2D eigenvalue weighted by atomic mass is 10.3. The van der Waals surface area contributed by atoms with E-state index in [9.17, 15) is 4.79 Å². The molecule has 1 aliphatic rings. The Morgan fingerprint density at radius 1 is 1.17 bits per heavy atom. The first-order valence-electron chi connectivity index (χ1n) is 8.34. The number of thiophene rings is 1. The zero-order chi connectivity index (χ0) is 16.6. The Hall–Kier alpha value is -1.99. The van der Waals surface area contributed by atoms with Crippen LogP contribution in [0, 0.1) is 0 Å². The highest BCUT2D eigenvalue weighted by atomic mass is 32.1. The number of nitrogens with one attached hydrogen (secondary N) is 1. The van der Waals surface area contributed by atoms with E-state index < -0.39 is 0 Å². The van der Waals surface area contributed by atoms with Gasteiger partial charge in [0.15, 0.2) is 0 Å². The maximum Gasteiger partial charge on any atom is 0.224 e. The second-order valence-corrected chi connectivity index (χ2v) is 6.87. The summed E-state index contributed by atoms with van der Waals surface area (Å²) in [5, 5.41) is 5.21. The molecule has 0 spiro atoms. The predicted molar refractivity (Wildman–Crippen MR) is 95.9 cm³/mol. The molecule has 0 aromatic carbocycles. The fourth-order valence-corrected chi connectivity index (χ4v) is 3.58. The molecule has 1 aliphatic heterocycles. The molecule has 0 radical (unpaired) electrons. The maximum atomic E-state index is 12.4. The van der Waals surface area contributed by atoms with Crippen LogP contribution in [-0.4, -0.2) is 58.4 Å². The lowest BCUT2D eigenvalue weighted by Crippen LogP contribution is -2.35. The van der Waals surface area contributed by atoms with E-state index in [4.69, 9.17) is 0 Å². The standard InChI is InChI=1S/C17H23N5OS/c23-16(5-8-20-17-18-6-2-7-19-17)22-10-3-9-21(11-12-22)14-15-4-1-13-24-15/h1-2,4,6-7,13H,3,5,8-12,14H2,(H,18,19,20). The van der Waals surface area contributed by atoms with Crippen molar-refractivity contribution in [2.45, 2.75) is 19.4 Å². The largest absolute Gasteiger partial charge is 0.354 e. The molecule has 0 bridgehead atoms. The van der Waals surface area contributed by atoms with E-state index >= 15 is 0 Å². The van der Waals surface area contributed by atoms with Gasteiger partial charge in [-0.3, -0.25) is 9.69 Å². The van der Waals surface area contributed by atoms with Crippen molar-refractivity contribution in [2.24, 2.45) is 0 Å². The fourth-order valence-electron chi connectivity index (χ4n) is 2.83. The Balaban J connectivity index is 1.41. The third-order valence-electron chi connectivity index (χ3n) is 4.09. The van der Waals surface area contributed by atoms with Crippen LogP contribution < -0.4 is 5.32 Å². The molecular weight excluding hydrogens is 322 g/mol. The molecule has 7 heteroatoms. The van der Waals surface area contributed by atoms with E-state index in [0.717, 1.165) is 39.1 Å². The Labute approximate surface area is 146 Å². The zero-order valence-electron chi connectivity index (χ0n) is 13.7. The molecule has 0 unspecified atom stereocenters. The molecular formula is C17H23N5OS. The number of carbonyl (C=O) groups is 1. The second kappa shape index (κ2) is 8.75. The lowest BCUT2D eigenvalue weighted by molar-refractivity contribution is -0.130. The van der Waals surface area contributed by atoms with Crippen LogP contribution in [0.3, 0.4) is 0 Å². The zero-order valence-corrected chi connectivity index (χ0v) is 14.5. The van der Waals surface area contributed by atoms with Crippen molar-refractivity contribution >= 4 is 23.2 Å². The van der Waals surface area contributed by atoms with Gasteiger partial charge >= 0.3 is 0 Å². The highest BCUT2D eigenvalue weighted by molar-refractivity contribution is 7.09. The SMILES string of the molecule is O=C(CCNc1ncccn1)N1CCCN(Cc2cccs2)CC1. The Morgan fingerprint density at radius 2 is 2.04 bits per heavy atom. The van der Waals surface area contributed by atoms with E-state index in [1.807, 2.05) is 4.90 Å². The molecule has 0 saturated carbocycles. The Bertz CT molecular complexity index is 619. The molecule has 6 nitrogen and oxygen atoms in total. The van der Waals surface area contributed by atoms with Crippen LogP contribution in [0.4, 0.5) is 5.95 Å². The molecule has 3 heterocycles. The smallest absolute Gasteiger partial charge is 0.224 e. The van der Waals surface area contributed by atoms with Crippen molar-refractivity contribution < 1.29 is 4.79 Å². The highest BCUT2D eigenvalue weighted by Gasteiger charge is 2.19. The lowest BCUT2D eigenvalue weighted by Gasteiger charge is -2.21. The number of anilines is 1. The van der Waals surface area contributed by atoms with E-state index in [2.05, 4.69) is 37.7 Å². The Kier molecular flexibility index (Phi) is 6.14. The molecule has 1 fully saturated rings. The summed E-state index contributed by atoms with van der Waals surface area (Å²) >= 11 is 1.80. The molecule has 24 heavy (non-hydrogen) atoms. The van der Waals surface area contributed by atoms with Gasteiger partial charge in [0.1, 0.15) is 0 Å². The van der Waals surface area contributed by atoms with Gasteiger partial charge in [-0.05, 0) is 23.9 Å². The monoisotopic (exact) mass is 345 g/mol. The summed E-state index contributed by atoms with van der Waals surface area (Å²) in [6.45, 7) is 5.22. The maximum absolute atomic E-state index is 12.4. The third-order valence-corrected chi connectivity index (χ3v) is 4.95.